The van der Waals surface area contributed by atoms with Crippen LogP contribution in [0.5, 0.6) is 5.75 Å². The largest absolute Gasteiger partial charge is 0.491 e. The third-order valence-corrected chi connectivity index (χ3v) is 8.07. The van der Waals surface area contributed by atoms with Crippen LogP contribution in [0, 0.1) is 5.92 Å². The van der Waals surface area contributed by atoms with Crippen LogP contribution in [-0.2, 0) is 25.5 Å². The average molecular weight is 570 g/mol. The van der Waals surface area contributed by atoms with Gasteiger partial charge in [-0.1, -0.05) is 96.1 Å². The molecule has 0 N–H and O–H groups in total. The molecule has 1 aromatic carbocycles. The van der Waals surface area contributed by atoms with Gasteiger partial charge in [-0.2, -0.15) is 0 Å². The molecule has 230 valence electrons. The summed E-state index contributed by atoms with van der Waals surface area (Å²) in [4.78, 5) is 30.8. The van der Waals surface area contributed by atoms with E-state index < -0.39 is 23.8 Å². The number of aliphatic imine (C=N–C) groups is 1. The Balaban J connectivity index is 2.16. The molecule has 0 radical (unpaired) electrons. The highest BCUT2D eigenvalue weighted by atomic mass is 16.5. The van der Waals surface area contributed by atoms with Crippen molar-refractivity contribution in [1.82, 2.24) is 0 Å². The van der Waals surface area contributed by atoms with E-state index in [-0.39, 0.29) is 6.10 Å². The molecule has 2 unspecified atom stereocenters. The second kappa shape index (κ2) is 18.7. The van der Waals surface area contributed by atoms with Crippen molar-refractivity contribution in [2.45, 2.75) is 137 Å². The molecule has 0 spiro atoms. The number of unbranched alkanes of at least 4 members (excludes halogenated alkanes) is 12. The van der Waals surface area contributed by atoms with Crippen LogP contribution in [0.25, 0.3) is 0 Å². The van der Waals surface area contributed by atoms with Gasteiger partial charge in [-0.05, 0) is 52.2 Å². The van der Waals surface area contributed by atoms with Gasteiger partial charge < -0.3 is 14.2 Å². The Morgan fingerprint density at radius 3 is 1.90 bits per heavy atom. The van der Waals surface area contributed by atoms with Crippen LogP contribution in [-0.4, -0.2) is 38.0 Å². The number of nitrogens with zero attached hydrogens (tertiary/aromatic N) is 1. The standard InChI is InChI=1S/C35H55NO5/c1-8-9-10-11-12-13-14-15-16-17-18-19-20-22-28-23-21-24-29(41-25(2)3)32(28)33-30(34(37)39-6)26(4)36-27(5)31(33)35(38)40-7/h21,23-25,30,33H,8-20,22H2,1-7H3. The Morgan fingerprint density at radius 2 is 1.39 bits per heavy atom. The number of benzene rings is 1. The minimum atomic E-state index is -0.736. The Hall–Kier alpha value is -2.63. The monoisotopic (exact) mass is 569 g/mol. The van der Waals surface area contributed by atoms with E-state index in [9.17, 15) is 9.59 Å². The summed E-state index contributed by atoms with van der Waals surface area (Å²) in [5, 5.41) is 0. The predicted octanol–water partition coefficient (Wildman–Crippen LogP) is 8.90. The van der Waals surface area contributed by atoms with Crippen LogP contribution >= 0.6 is 0 Å². The number of rotatable bonds is 19. The summed E-state index contributed by atoms with van der Waals surface area (Å²) in [5.41, 5.74) is 3.53. The van der Waals surface area contributed by atoms with Crippen LogP contribution in [0.15, 0.2) is 34.5 Å². The van der Waals surface area contributed by atoms with Gasteiger partial charge in [0.15, 0.2) is 0 Å². The second-order valence-corrected chi connectivity index (χ2v) is 11.7. The van der Waals surface area contributed by atoms with Crippen molar-refractivity contribution in [2.75, 3.05) is 14.2 Å². The molecule has 1 heterocycles. The Bertz CT molecular complexity index is 1030. The maximum absolute atomic E-state index is 13.1. The minimum absolute atomic E-state index is 0.0677. The van der Waals surface area contributed by atoms with Gasteiger partial charge in [0.25, 0.3) is 0 Å². The first-order valence-electron chi connectivity index (χ1n) is 16.0. The van der Waals surface area contributed by atoms with Gasteiger partial charge in [-0.15, -0.1) is 0 Å². The summed E-state index contributed by atoms with van der Waals surface area (Å²) >= 11 is 0. The summed E-state index contributed by atoms with van der Waals surface area (Å²) in [6.45, 7) is 9.86. The summed E-state index contributed by atoms with van der Waals surface area (Å²) in [6.07, 6.45) is 17.7. The van der Waals surface area contributed by atoms with Gasteiger partial charge in [-0.3, -0.25) is 9.79 Å². The second-order valence-electron chi connectivity index (χ2n) is 11.7. The number of carbonyl (C=O) groups excluding carboxylic acids is 2. The van der Waals surface area contributed by atoms with Crippen molar-refractivity contribution in [1.29, 1.82) is 0 Å². The lowest BCUT2D eigenvalue weighted by Gasteiger charge is -2.33. The first-order chi connectivity index (χ1) is 19.8. The molecule has 6 nitrogen and oxygen atoms in total. The molecule has 6 heteroatoms. The van der Waals surface area contributed by atoms with E-state index in [1.165, 1.54) is 84.8 Å². The molecule has 1 aliphatic heterocycles. The first-order valence-corrected chi connectivity index (χ1v) is 16.0. The van der Waals surface area contributed by atoms with E-state index in [0.717, 1.165) is 30.4 Å². The smallest absolute Gasteiger partial charge is 0.336 e. The zero-order chi connectivity index (χ0) is 30.2. The SMILES string of the molecule is CCCCCCCCCCCCCCCc1cccc(OC(C)C)c1C1C(C(=O)OC)=C(C)N=C(C)C1C(=O)OC. The van der Waals surface area contributed by atoms with E-state index in [4.69, 9.17) is 14.2 Å². The van der Waals surface area contributed by atoms with Crippen molar-refractivity contribution in [3.63, 3.8) is 0 Å². The number of allylic oxidation sites excluding steroid dienone is 1. The number of carbonyl (C=O) groups is 2. The number of methoxy groups -OCH3 is 2. The Kier molecular flexibility index (Phi) is 15.8. The normalized spacial score (nSPS) is 17.0. The lowest BCUT2D eigenvalue weighted by Crippen LogP contribution is -2.36. The molecular formula is C35H55NO5. The van der Waals surface area contributed by atoms with E-state index in [0.29, 0.717) is 22.7 Å². The van der Waals surface area contributed by atoms with Gasteiger partial charge in [0.1, 0.15) is 11.7 Å². The van der Waals surface area contributed by atoms with Crippen molar-refractivity contribution in [3.05, 3.63) is 40.6 Å². The molecule has 0 fully saturated rings. The first kappa shape index (κ1) is 34.6. The molecule has 2 atom stereocenters. The number of aryl methyl sites for hydroxylation is 1. The van der Waals surface area contributed by atoms with Gasteiger partial charge in [-0.25, -0.2) is 4.79 Å². The highest BCUT2D eigenvalue weighted by molar-refractivity contribution is 6.07. The topological polar surface area (TPSA) is 74.2 Å². The Labute approximate surface area is 249 Å². The minimum Gasteiger partial charge on any atom is -0.491 e. The van der Waals surface area contributed by atoms with Crippen molar-refractivity contribution in [2.24, 2.45) is 10.9 Å². The average Bonchev–Trinajstić information content (AvgIpc) is 2.94. The third kappa shape index (κ3) is 10.6. The van der Waals surface area contributed by atoms with Crippen molar-refractivity contribution in [3.8, 4) is 5.75 Å². The molecule has 0 aromatic heterocycles. The fourth-order valence-electron chi connectivity index (χ4n) is 6.01. The summed E-state index contributed by atoms with van der Waals surface area (Å²) in [7, 11) is 2.74. The maximum Gasteiger partial charge on any atom is 0.336 e. The van der Waals surface area contributed by atoms with Gasteiger partial charge >= 0.3 is 11.9 Å². The Morgan fingerprint density at radius 1 is 0.829 bits per heavy atom. The summed E-state index contributed by atoms with van der Waals surface area (Å²) < 4.78 is 16.7. The van der Waals surface area contributed by atoms with Crippen LogP contribution < -0.4 is 4.74 Å². The van der Waals surface area contributed by atoms with E-state index in [1.54, 1.807) is 6.92 Å². The molecular weight excluding hydrogens is 514 g/mol. The number of esters is 2. The maximum atomic E-state index is 13.1. The fraction of sp³-hybridized carbons (Fsp3) is 0.686. The molecule has 0 saturated heterocycles. The summed E-state index contributed by atoms with van der Waals surface area (Å²) in [5.74, 6) is -1.55. The van der Waals surface area contributed by atoms with Gasteiger partial charge in [0.2, 0.25) is 0 Å². The summed E-state index contributed by atoms with van der Waals surface area (Å²) in [6, 6.07) is 6.04. The van der Waals surface area contributed by atoms with E-state index in [1.807, 2.05) is 32.9 Å². The number of hydrogen-bond acceptors (Lipinski definition) is 6. The number of hydrogen-bond donors (Lipinski definition) is 0. The van der Waals surface area contributed by atoms with E-state index in [2.05, 4.69) is 18.0 Å². The van der Waals surface area contributed by atoms with Crippen molar-refractivity contribution < 1.29 is 23.8 Å². The van der Waals surface area contributed by atoms with Crippen LogP contribution in [0.2, 0.25) is 0 Å². The molecule has 0 amide bonds. The fourth-order valence-corrected chi connectivity index (χ4v) is 6.01. The zero-order valence-corrected chi connectivity index (χ0v) is 26.9. The molecule has 2 rings (SSSR count). The molecule has 1 aromatic rings. The van der Waals surface area contributed by atoms with Crippen LogP contribution in [0.3, 0.4) is 0 Å². The predicted molar refractivity (Wildman–Crippen MR) is 168 cm³/mol. The highest BCUT2D eigenvalue weighted by Gasteiger charge is 2.44. The van der Waals surface area contributed by atoms with Gasteiger partial charge in [0, 0.05) is 22.9 Å². The lowest BCUT2D eigenvalue weighted by atomic mass is 9.73. The quantitative estimate of drug-likeness (QED) is 0.123. The highest BCUT2D eigenvalue weighted by Crippen LogP contribution is 2.45. The van der Waals surface area contributed by atoms with E-state index >= 15 is 0 Å². The molecule has 41 heavy (non-hydrogen) atoms. The third-order valence-electron chi connectivity index (χ3n) is 8.07. The van der Waals surface area contributed by atoms with Crippen LogP contribution in [0.1, 0.15) is 135 Å². The molecule has 1 aliphatic rings. The molecule has 0 bridgehead atoms. The number of ether oxygens (including phenoxy) is 3. The molecule has 0 saturated carbocycles. The lowest BCUT2D eigenvalue weighted by molar-refractivity contribution is -0.143. The molecule has 0 aliphatic carbocycles. The zero-order valence-electron chi connectivity index (χ0n) is 26.9. The van der Waals surface area contributed by atoms with Crippen LogP contribution in [0.4, 0.5) is 0 Å². The van der Waals surface area contributed by atoms with Gasteiger partial charge in [0.05, 0.1) is 25.9 Å². The van der Waals surface area contributed by atoms with Crippen molar-refractivity contribution >= 4 is 17.7 Å².